The minimum atomic E-state index is 0.832. The first kappa shape index (κ1) is 4.85. The molecule has 0 radical (unpaired) electrons. The van der Waals surface area contributed by atoms with Gasteiger partial charge < -0.3 is 10.2 Å². The van der Waals surface area contributed by atoms with E-state index in [-0.39, 0.29) is 0 Å². The number of rotatable bonds is 0. The van der Waals surface area contributed by atoms with E-state index in [9.17, 15) is 0 Å². The number of hydrogen-bond donors (Lipinski definition) is 1. The normalized spacial score (nSPS) is 23.1. The monoisotopic (exact) mass is 123 g/mol. The molecular weight excluding hydrogens is 114 g/mol. The quantitative estimate of drug-likeness (QED) is 0.482. The molecule has 3 heteroatoms. The van der Waals surface area contributed by atoms with Crippen molar-refractivity contribution in [2.45, 2.75) is 0 Å². The summed E-state index contributed by atoms with van der Waals surface area (Å²) in [5.41, 5.74) is 0. The fourth-order valence-corrected chi connectivity index (χ4v) is 1.10. The highest BCUT2D eigenvalue weighted by Crippen LogP contribution is 2.01. The fourth-order valence-electron chi connectivity index (χ4n) is 1.10. The zero-order valence-corrected chi connectivity index (χ0v) is 5.17. The maximum Gasteiger partial charge on any atom is 0.198 e. The lowest BCUT2D eigenvalue weighted by Crippen LogP contribution is -2.27. The number of fused-ring (bicyclic) bond motifs is 1. The van der Waals surface area contributed by atoms with Crippen molar-refractivity contribution in [1.29, 1.82) is 0 Å². The van der Waals surface area contributed by atoms with Gasteiger partial charge in [0.1, 0.15) is 0 Å². The lowest BCUT2D eigenvalue weighted by atomic mass is 10.5. The van der Waals surface area contributed by atoms with Gasteiger partial charge in [0, 0.05) is 19.3 Å². The molecule has 0 aliphatic carbocycles. The van der Waals surface area contributed by atoms with Crippen molar-refractivity contribution in [2.75, 3.05) is 19.6 Å². The Labute approximate surface area is 54.1 Å². The molecule has 1 saturated heterocycles. The van der Waals surface area contributed by atoms with Crippen molar-refractivity contribution >= 4 is 5.96 Å². The highest BCUT2D eigenvalue weighted by Gasteiger charge is 2.15. The molecule has 0 spiro atoms. The Morgan fingerprint density at radius 3 is 3.56 bits per heavy atom. The van der Waals surface area contributed by atoms with E-state index in [1.165, 1.54) is 0 Å². The van der Waals surface area contributed by atoms with Gasteiger partial charge in [0.2, 0.25) is 0 Å². The van der Waals surface area contributed by atoms with Crippen molar-refractivity contribution < 1.29 is 0 Å². The third-order valence-corrected chi connectivity index (χ3v) is 1.54. The summed E-state index contributed by atoms with van der Waals surface area (Å²) in [6, 6.07) is 0. The second kappa shape index (κ2) is 1.76. The largest absolute Gasteiger partial charge is 0.354 e. The van der Waals surface area contributed by atoms with Gasteiger partial charge >= 0.3 is 0 Å². The van der Waals surface area contributed by atoms with E-state index in [0.717, 1.165) is 25.6 Å². The number of guanidine groups is 1. The van der Waals surface area contributed by atoms with Gasteiger partial charge in [-0.05, 0) is 6.08 Å². The standard InChI is InChI=1S/C6H9N3/c1-2-7-6-8-3-5-9(6)4-1/h1,4H,2-3,5H2,(H,7,8). The van der Waals surface area contributed by atoms with E-state index < -0.39 is 0 Å². The molecule has 9 heavy (non-hydrogen) atoms. The van der Waals surface area contributed by atoms with E-state index in [0.29, 0.717) is 0 Å². The molecule has 3 nitrogen and oxygen atoms in total. The van der Waals surface area contributed by atoms with Crippen LogP contribution in [0.15, 0.2) is 17.3 Å². The SMILES string of the molecule is C1=CN2CCNC2=NC1. The Hall–Kier alpha value is -0.990. The average molecular weight is 123 g/mol. The summed E-state index contributed by atoms with van der Waals surface area (Å²) in [6.45, 7) is 2.93. The summed E-state index contributed by atoms with van der Waals surface area (Å²) in [5.74, 6) is 1.04. The van der Waals surface area contributed by atoms with Gasteiger partial charge in [0.15, 0.2) is 5.96 Å². The van der Waals surface area contributed by atoms with Crippen molar-refractivity contribution in [3.8, 4) is 0 Å². The van der Waals surface area contributed by atoms with E-state index in [1.54, 1.807) is 0 Å². The zero-order valence-electron chi connectivity index (χ0n) is 5.17. The molecule has 0 atom stereocenters. The Kier molecular flexibility index (Phi) is 0.946. The lowest BCUT2D eigenvalue weighted by molar-refractivity contribution is 0.608. The Balaban J connectivity index is 2.22. The van der Waals surface area contributed by atoms with Crippen molar-refractivity contribution in [1.82, 2.24) is 10.2 Å². The second-order valence-electron chi connectivity index (χ2n) is 2.17. The van der Waals surface area contributed by atoms with Crippen LogP contribution < -0.4 is 5.32 Å². The highest BCUT2D eigenvalue weighted by atomic mass is 15.3. The van der Waals surface area contributed by atoms with Gasteiger partial charge in [-0.1, -0.05) is 0 Å². The third-order valence-electron chi connectivity index (χ3n) is 1.54. The first-order valence-electron chi connectivity index (χ1n) is 3.18. The molecule has 1 fully saturated rings. The zero-order chi connectivity index (χ0) is 6.10. The Morgan fingerprint density at radius 2 is 2.67 bits per heavy atom. The molecule has 0 unspecified atom stereocenters. The molecule has 0 aromatic carbocycles. The van der Waals surface area contributed by atoms with Crippen LogP contribution in [0, 0.1) is 0 Å². The van der Waals surface area contributed by atoms with Crippen molar-refractivity contribution in [3.63, 3.8) is 0 Å². The van der Waals surface area contributed by atoms with Crippen LogP contribution in [-0.4, -0.2) is 30.5 Å². The molecule has 0 bridgehead atoms. The summed E-state index contributed by atoms with van der Waals surface area (Å²) >= 11 is 0. The van der Waals surface area contributed by atoms with Crippen molar-refractivity contribution in [2.24, 2.45) is 4.99 Å². The summed E-state index contributed by atoms with van der Waals surface area (Å²) in [4.78, 5) is 6.36. The Morgan fingerprint density at radius 1 is 1.67 bits per heavy atom. The van der Waals surface area contributed by atoms with Gasteiger partial charge in [0.25, 0.3) is 0 Å². The minimum absolute atomic E-state index is 0.832. The third kappa shape index (κ3) is 0.686. The smallest absolute Gasteiger partial charge is 0.198 e. The maximum atomic E-state index is 4.24. The lowest BCUT2D eigenvalue weighted by Gasteiger charge is -2.14. The second-order valence-corrected chi connectivity index (χ2v) is 2.17. The van der Waals surface area contributed by atoms with Gasteiger partial charge in [0.05, 0.1) is 6.54 Å². The number of hydrogen-bond acceptors (Lipinski definition) is 3. The van der Waals surface area contributed by atoms with E-state index in [4.69, 9.17) is 0 Å². The summed E-state index contributed by atoms with van der Waals surface area (Å²) in [7, 11) is 0. The number of nitrogens with zero attached hydrogens (tertiary/aromatic N) is 2. The first-order valence-corrected chi connectivity index (χ1v) is 3.18. The van der Waals surface area contributed by atoms with Crippen LogP contribution in [0.4, 0.5) is 0 Å². The summed E-state index contributed by atoms with van der Waals surface area (Å²) < 4.78 is 0. The first-order chi connectivity index (χ1) is 4.47. The van der Waals surface area contributed by atoms with Crippen LogP contribution in [0.1, 0.15) is 0 Å². The van der Waals surface area contributed by atoms with Crippen LogP contribution in [0.2, 0.25) is 0 Å². The van der Waals surface area contributed by atoms with E-state index in [2.05, 4.69) is 27.5 Å². The van der Waals surface area contributed by atoms with Crippen LogP contribution in [-0.2, 0) is 0 Å². The average Bonchev–Trinajstić information content (AvgIpc) is 2.33. The molecule has 2 rings (SSSR count). The molecule has 0 aromatic heterocycles. The van der Waals surface area contributed by atoms with Gasteiger partial charge in [-0.15, -0.1) is 0 Å². The van der Waals surface area contributed by atoms with Gasteiger partial charge in [-0.3, -0.25) is 0 Å². The predicted octanol–water partition coefficient (Wildman–Crippen LogP) is -0.225. The van der Waals surface area contributed by atoms with E-state index in [1.807, 2.05) is 0 Å². The summed E-state index contributed by atoms with van der Waals surface area (Å²) in [5, 5.41) is 3.18. The molecule has 48 valence electrons. The van der Waals surface area contributed by atoms with E-state index >= 15 is 0 Å². The van der Waals surface area contributed by atoms with Crippen LogP contribution in [0.25, 0.3) is 0 Å². The van der Waals surface area contributed by atoms with Crippen LogP contribution in [0.5, 0.6) is 0 Å². The molecular formula is C6H9N3. The Bertz CT molecular complexity index is 171. The molecule has 1 N–H and O–H groups in total. The number of nitrogens with one attached hydrogen (secondary N) is 1. The number of aliphatic imine (C=N–C) groups is 1. The van der Waals surface area contributed by atoms with Gasteiger partial charge in [-0.25, -0.2) is 4.99 Å². The molecule has 2 aliphatic rings. The highest BCUT2D eigenvalue weighted by molar-refractivity contribution is 5.83. The van der Waals surface area contributed by atoms with Gasteiger partial charge in [-0.2, -0.15) is 0 Å². The molecule has 0 aromatic rings. The molecule has 0 amide bonds. The molecule has 2 heterocycles. The topological polar surface area (TPSA) is 27.6 Å². The molecule has 2 aliphatic heterocycles. The summed E-state index contributed by atoms with van der Waals surface area (Å²) in [6.07, 6.45) is 4.15. The molecule has 0 saturated carbocycles. The predicted molar refractivity (Wildman–Crippen MR) is 36.2 cm³/mol. The fraction of sp³-hybridized carbons (Fsp3) is 0.500. The maximum absolute atomic E-state index is 4.24. The van der Waals surface area contributed by atoms with Crippen LogP contribution in [0.3, 0.4) is 0 Å². The van der Waals surface area contributed by atoms with Crippen LogP contribution >= 0.6 is 0 Å². The minimum Gasteiger partial charge on any atom is -0.354 e. The van der Waals surface area contributed by atoms with Crippen molar-refractivity contribution in [3.05, 3.63) is 12.3 Å².